The average molecular weight is 462 g/mol. The van der Waals surface area contributed by atoms with Crippen LogP contribution in [0.4, 0.5) is 10.1 Å². The number of likely N-dealkylation sites (tertiary alicyclic amines) is 1. The number of anilines is 1. The first kappa shape index (κ1) is 21.6. The third kappa shape index (κ3) is 3.65. The number of likely N-dealkylation sites (N-methyl/N-ethyl adjacent to an activating group) is 1. The van der Waals surface area contributed by atoms with Gasteiger partial charge in [0.15, 0.2) is 5.82 Å². The molecule has 0 radical (unpaired) electrons. The summed E-state index contributed by atoms with van der Waals surface area (Å²) < 4.78 is 17.6. The second kappa shape index (κ2) is 8.36. The number of H-pyrrole nitrogens is 1. The van der Waals surface area contributed by atoms with Crippen LogP contribution < -0.4 is 4.90 Å². The van der Waals surface area contributed by atoms with Crippen LogP contribution in [0.15, 0.2) is 30.6 Å². The van der Waals surface area contributed by atoms with E-state index in [9.17, 15) is 0 Å². The molecule has 6 rings (SSSR count). The smallest absolute Gasteiger partial charge is 0.151 e. The number of nitrogens with one attached hydrogen (secondary N) is 1. The molecule has 1 aromatic carbocycles. The number of aromatic amines is 1. The summed E-state index contributed by atoms with van der Waals surface area (Å²) in [6.07, 6.45) is 6.01. The third-order valence-electron chi connectivity index (χ3n) is 7.67. The lowest BCUT2D eigenvalue weighted by atomic mass is 10.0. The molecule has 0 amide bonds. The van der Waals surface area contributed by atoms with Crippen molar-refractivity contribution in [3.05, 3.63) is 42.2 Å². The van der Waals surface area contributed by atoms with Gasteiger partial charge >= 0.3 is 0 Å². The first-order valence-corrected chi connectivity index (χ1v) is 12.3. The Morgan fingerprint density at radius 1 is 0.971 bits per heavy atom. The molecule has 2 aliphatic rings. The second-order valence-electron chi connectivity index (χ2n) is 9.97. The minimum Gasteiger partial charge on any atom is -0.368 e. The van der Waals surface area contributed by atoms with E-state index < -0.39 is 0 Å². The van der Waals surface area contributed by atoms with Gasteiger partial charge in [0.25, 0.3) is 0 Å². The molecule has 0 atom stereocenters. The van der Waals surface area contributed by atoms with Crippen molar-refractivity contribution in [3.8, 4) is 11.1 Å². The molecule has 0 unspecified atom stereocenters. The summed E-state index contributed by atoms with van der Waals surface area (Å²) >= 11 is 0. The van der Waals surface area contributed by atoms with E-state index >= 15 is 4.39 Å². The Morgan fingerprint density at radius 3 is 2.47 bits per heavy atom. The molecular formula is C26H32FN7. The fourth-order valence-corrected chi connectivity index (χ4v) is 5.61. The molecule has 2 aliphatic heterocycles. The summed E-state index contributed by atoms with van der Waals surface area (Å²) in [7, 11) is 4.32. The van der Waals surface area contributed by atoms with E-state index in [1.165, 1.54) is 0 Å². The molecule has 7 nitrogen and oxygen atoms in total. The lowest BCUT2D eigenvalue weighted by Crippen LogP contribution is -2.44. The SMILES string of the molecule is Cc1nc2c(F)cc(-c3c[nH]c4ncc(N5CCN(C)CC5)cc34)cc2n1C1CCN(C)CC1. The highest BCUT2D eigenvalue weighted by Gasteiger charge is 2.24. The number of fused-ring (bicyclic) bond motifs is 2. The largest absolute Gasteiger partial charge is 0.368 e. The number of hydrogen-bond donors (Lipinski definition) is 1. The molecule has 8 heteroatoms. The molecular weight excluding hydrogens is 429 g/mol. The topological polar surface area (TPSA) is 56.2 Å². The van der Waals surface area contributed by atoms with Crippen LogP contribution in [0.25, 0.3) is 33.2 Å². The van der Waals surface area contributed by atoms with Gasteiger partial charge in [0.2, 0.25) is 0 Å². The van der Waals surface area contributed by atoms with Crippen molar-refractivity contribution in [2.45, 2.75) is 25.8 Å². The van der Waals surface area contributed by atoms with E-state index in [2.05, 4.69) is 60.4 Å². The Hall–Kier alpha value is -2.97. The summed E-state index contributed by atoms with van der Waals surface area (Å²) in [5, 5.41) is 1.03. The first-order valence-electron chi connectivity index (χ1n) is 12.3. The predicted molar refractivity (Wildman–Crippen MR) is 135 cm³/mol. The zero-order chi connectivity index (χ0) is 23.4. The van der Waals surface area contributed by atoms with E-state index in [4.69, 9.17) is 0 Å². The van der Waals surface area contributed by atoms with Crippen LogP contribution in [0.1, 0.15) is 24.7 Å². The van der Waals surface area contributed by atoms with Crippen LogP contribution in [0, 0.1) is 12.7 Å². The van der Waals surface area contributed by atoms with Crippen LogP contribution in [0.3, 0.4) is 0 Å². The number of nitrogens with zero attached hydrogens (tertiary/aromatic N) is 6. The number of benzene rings is 1. The molecule has 3 aromatic heterocycles. The highest BCUT2D eigenvalue weighted by atomic mass is 19.1. The molecule has 34 heavy (non-hydrogen) atoms. The number of halogens is 1. The van der Waals surface area contributed by atoms with Crippen molar-refractivity contribution < 1.29 is 4.39 Å². The van der Waals surface area contributed by atoms with Crippen LogP contribution in [0.5, 0.6) is 0 Å². The molecule has 0 aliphatic carbocycles. The fraction of sp³-hybridized carbons (Fsp3) is 0.462. The average Bonchev–Trinajstić information content (AvgIpc) is 3.40. The van der Waals surface area contributed by atoms with Gasteiger partial charge in [0.1, 0.15) is 17.0 Å². The molecule has 178 valence electrons. The Morgan fingerprint density at radius 2 is 1.71 bits per heavy atom. The predicted octanol–water partition coefficient (Wildman–Crippen LogP) is 4.05. The van der Waals surface area contributed by atoms with Crippen LogP contribution in [0.2, 0.25) is 0 Å². The van der Waals surface area contributed by atoms with E-state index in [0.29, 0.717) is 11.6 Å². The van der Waals surface area contributed by atoms with Gasteiger partial charge in [-0.25, -0.2) is 14.4 Å². The molecule has 0 bridgehead atoms. The van der Waals surface area contributed by atoms with Crippen molar-refractivity contribution in [2.24, 2.45) is 0 Å². The van der Waals surface area contributed by atoms with Crippen molar-refractivity contribution in [1.82, 2.24) is 29.3 Å². The van der Waals surface area contributed by atoms with E-state index in [0.717, 1.165) is 91.3 Å². The maximum absolute atomic E-state index is 15.3. The van der Waals surface area contributed by atoms with E-state index in [1.54, 1.807) is 6.07 Å². The van der Waals surface area contributed by atoms with Gasteiger partial charge in [0.05, 0.1) is 17.4 Å². The first-order chi connectivity index (χ1) is 16.5. The molecule has 0 saturated carbocycles. The quantitative estimate of drug-likeness (QED) is 0.499. The zero-order valence-electron chi connectivity index (χ0n) is 20.2. The van der Waals surface area contributed by atoms with Crippen LogP contribution in [-0.4, -0.2) is 82.7 Å². The molecule has 4 aromatic rings. The third-order valence-corrected chi connectivity index (χ3v) is 7.67. The van der Waals surface area contributed by atoms with Gasteiger partial charge in [-0.15, -0.1) is 0 Å². The van der Waals surface area contributed by atoms with E-state index in [-0.39, 0.29) is 5.82 Å². The summed E-state index contributed by atoms with van der Waals surface area (Å²) in [5.41, 5.74) is 5.15. The number of hydrogen-bond acceptors (Lipinski definition) is 5. The van der Waals surface area contributed by atoms with E-state index in [1.807, 2.05) is 19.3 Å². The minimum atomic E-state index is -0.264. The molecule has 5 heterocycles. The van der Waals surface area contributed by atoms with Gasteiger partial charge < -0.3 is 24.3 Å². The highest BCUT2D eigenvalue weighted by molar-refractivity contribution is 5.97. The zero-order valence-corrected chi connectivity index (χ0v) is 20.2. The molecule has 2 fully saturated rings. The Labute approximate surface area is 199 Å². The normalized spacial score (nSPS) is 19.0. The van der Waals surface area contributed by atoms with Crippen LogP contribution in [-0.2, 0) is 0 Å². The van der Waals surface area contributed by atoms with Gasteiger partial charge in [-0.3, -0.25) is 0 Å². The van der Waals surface area contributed by atoms with Gasteiger partial charge in [-0.1, -0.05) is 0 Å². The number of aryl methyl sites for hydroxylation is 1. The highest BCUT2D eigenvalue weighted by Crippen LogP contribution is 2.36. The second-order valence-corrected chi connectivity index (χ2v) is 9.97. The van der Waals surface area contributed by atoms with Gasteiger partial charge in [-0.2, -0.15) is 0 Å². The molecule has 1 N–H and O–H groups in total. The number of aromatic nitrogens is 4. The Kier molecular flexibility index (Phi) is 5.30. The number of imidazole rings is 1. The Balaban J connectivity index is 1.43. The summed E-state index contributed by atoms with van der Waals surface area (Å²) in [6, 6.07) is 6.28. The van der Waals surface area contributed by atoms with Crippen LogP contribution >= 0.6 is 0 Å². The number of pyridine rings is 1. The maximum atomic E-state index is 15.3. The number of rotatable bonds is 3. The monoisotopic (exact) mass is 461 g/mol. The maximum Gasteiger partial charge on any atom is 0.151 e. The number of piperidine rings is 1. The molecule has 2 saturated heterocycles. The lowest BCUT2D eigenvalue weighted by molar-refractivity contribution is 0.222. The summed E-state index contributed by atoms with van der Waals surface area (Å²) in [4.78, 5) is 19.7. The lowest BCUT2D eigenvalue weighted by Gasteiger charge is -2.33. The number of piperazine rings is 1. The Bertz CT molecular complexity index is 1340. The van der Waals surface area contributed by atoms with Crippen molar-refractivity contribution in [1.29, 1.82) is 0 Å². The van der Waals surface area contributed by atoms with Gasteiger partial charge in [-0.05, 0) is 70.7 Å². The van der Waals surface area contributed by atoms with Gasteiger partial charge in [0, 0.05) is 49.4 Å². The van der Waals surface area contributed by atoms with Crippen molar-refractivity contribution >= 4 is 27.8 Å². The summed E-state index contributed by atoms with van der Waals surface area (Å²) in [5.74, 6) is 0.623. The fourth-order valence-electron chi connectivity index (χ4n) is 5.61. The summed E-state index contributed by atoms with van der Waals surface area (Å²) in [6.45, 7) is 8.15. The standard InChI is InChI=1S/C26H32FN7/c1-17-30-25-23(27)12-18(13-24(25)34(17)19-4-6-31(2)7-5-19)22-16-29-26-21(22)14-20(15-28-26)33-10-8-32(3)9-11-33/h12-16,19H,4-11H2,1-3H3,(H,28,29). The minimum absolute atomic E-state index is 0.264. The molecule has 0 spiro atoms. The van der Waals surface area contributed by atoms with Crippen molar-refractivity contribution in [3.63, 3.8) is 0 Å². The van der Waals surface area contributed by atoms with Crippen molar-refractivity contribution in [2.75, 3.05) is 58.3 Å².